The van der Waals surface area contributed by atoms with Gasteiger partial charge in [-0.1, -0.05) is 25.5 Å². The second kappa shape index (κ2) is 17.0. The molecule has 0 saturated carbocycles. The number of alkyl halides is 3. The minimum Gasteiger partial charge on any atom is -0.368 e. The van der Waals surface area contributed by atoms with Crippen LogP contribution < -0.4 is 37.6 Å². The Morgan fingerprint density at radius 1 is 0.980 bits per heavy atom. The lowest BCUT2D eigenvalue weighted by molar-refractivity contribution is -0.166. The van der Waals surface area contributed by atoms with Crippen molar-refractivity contribution in [1.29, 1.82) is 0 Å². The van der Waals surface area contributed by atoms with Crippen molar-refractivity contribution in [3.05, 3.63) is 35.4 Å². The molecule has 4 rings (SSSR count). The number of carbonyl (C=O) groups excluding carboxylic acids is 6. The lowest BCUT2D eigenvalue weighted by Gasteiger charge is -2.22. The number of nitrogens with one attached hydrogen (secondary N) is 6. The second-order valence-corrected chi connectivity index (χ2v) is 13.6. The molecule has 0 aromatic heterocycles. The summed E-state index contributed by atoms with van der Waals surface area (Å²) in [5.74, 6) is -2.02. The highest BCUT2D eigenvalue weighted by atomic mass is 32.2. The maximum Gasteiger partial charge on any atom is 0.442 e. The number of halogens is 3. The van der Waals surface area contributed by atoms with E-state index in [0.717, 1.165) is 49.3 Å². The molecular weight excluding hydrogens is 683 g/mol. The summed E-state index contributed by atoms with van der Waals surface area (Å²) in [5, 5.41) is 22.7. The summed E-state index contributed by atoms with van der Waals surface area (Å²) in [5.41, 5.74) is 2.62. The van der Waals surface area contributed by atoms with Gasteiger partial charge in [0.1, 0.15) is 12.1 Å². The van der Waals surface area contributed by atoms with Crippen LogP contribution in [-0.2, 0) is 24.8 Å². The van der Waals surface area contributed by atoms with Gasteiger partial charge in [-0.3, -0.25) is 24.0 Å². The average Bonchev–Trinajstić information content (AvgIpc) is 3.72. The molecular formula is C31H42F3N9O6S. The van der Waals surface area contributed by atoms with Crippen LogP contribution in [0.3, 0.4) is 0 Å². The fourth-order valence-electron chi connectivity index (χ4n) is 5.72. The van der Waals surface area contributed by atoms with Crippen LogP contribution in [0.25, 0.3) is 0 Å². The molecule has 0 bridgehead atoms. The van der Waals surface area contributed by atoms with Gasteiger partial charge in [-0.2, -0.15) is 24.9 Å². The summed E-state index contributed by atoms with van der Waals surface area (Å²) in [6, 6.07) is 2.28. The molecule has 8 N–H and O–H groups in total. The largest absolute Gasteiger partial charge is 0.442 e. The van der Waals surface area contributed by atoms with E-state index in [1.165, 1.54) is 0 Å². The monoisotopic (exact) mass is 725 g/mol. The summed E-state index contributed by atoms with van der Waals surface area (Å²) < 4.78 is 39.8. The SMILES string of the molecule is CCC(=O)NC(CNC(=O)c1ccc(C2(C(F)(F)F)N=N2)cc1)C(=O)NC(CCCCNC(=O)CCCCC1SCC2NC(=O)NC21)C(N)=O. The van der Waals surface area contributed by atoms with Crippen LogP contribution in [0.5, 0.6) is 0 Å². The summed E-state index contributed by atoms with van der Waals surface area (Å²) in [4.78, 5) is 73.8. The van der Waals surface area contributed by atoms with Crippen molar-refractivity contribution in [1.82, 2.24) is 31.9 Å². The van der Waals surface area contributed by atoms with Crippen LogP contribution in [0.15, 0.2) is 34.5 Å². The zero-order chi connectivity index (χ0) is 36.5. The van der Waals surface area contributed by atoms with Gasteiger partial charge in [-0.15, -0.1) is 10.2 Å². The van der Waals surface area contributed by atoms with Crippen molar-refractivity contribution in [2.24, 2.45) is 16.0 Å². The molecule has 5 atom stereocenters. The Morgan fingerprint density at radius 3 is 2.34 bits per heavy atom. The van der Waals surface area contributed by atoms with Crippen LogP contribution in [0.4, 0.5) is 18.0 Å². The Bertz CT molecular complexity index is 1460. The molecule has 7 amide bonds. The van der Waals surface area contributed by atoms with Crippen molar-refractivity contribution >= 4 is 47.3 Å². The van der Waals surface area contributed by atoms with Gasteiger partial charge in [0.05, 0.1) is 12.1 Å². The average molecular weight is 726 g/mol. The predicted molar refractivity (Wildman–Crippen MR) is 176 cm³/mol. The van der Waals surface area contributed by atoms with E-state index >= 15 is 0 Å². The maximum absolute atomic E-state index is 13.3. The van der Waals surface area contributed by atoms with E-state index < -0.39 is 47.6 Å². The lowest BCUT2D eigenvalue weighted by atomic mass is 10.0. The molecule has 15 nitrogen and oxygen atoms in total. The summed E-state index contributed by atoms with van der Waals surface area (Å²) >= 11 is 1.83. The van der Waals surface area contributed by atoms with Crippen molar-refractivity contribution < 1.29 is 41.9 Å². The van der Waals surface area contributed by atoms with E-state index in [9.17, 15) is 41.9 Å². The third-order valence-electron chi connectivity index (χ3n) is 8.67. The molecule has 2 fully saturated rings. The van der Waals surface area contributed by atoms with Crippen LogP contribution in [-0.4, -0.2) is 90.0 Å². The van der Waals surface area contributed by atoms with Crippen molar-refractivity contribution in [3.63, 3.8) is 0 Å². The van der Waals surface area contributed by atoms with Crippen LogP contribution in [0.1, 0.15) is 74.2 Å². The predicted octanol–water partition coefficient (Wildman–Crippen LogP) is 1.47. The summed E-state index contributed by atoms with van der Waals surface area (Å²) in [7, 11) is 0. The van der Waals surface area contributed by atoms with E-state index in [0.29, 0.717) is 31.1 Å². The Balaban J connectivity index is 1.16. The molecule has 1 aromatic carbocycles. The van der Waals surface area contributed by atoms with E-state index in [-0.39, 0.29) is 54.5 Å². The smallest absolute Gasteiger partial charge is 0.368 e. The lowest BCUT2D eigenvalue weighted by Crippen LogP contribution is -2.56. The molecule has 3 aliphatic heterocycles. The number of carbonyl (C=O) groups is 6. The molecule has 0 aliphatic carbocycles. The highest BCUT2D eigenvalue weighted by molar-refractivity contribution is 8.00. The molecule has 274 valence electrons. The zero-order valence-electron chi connectivity index (χ0n) is 27.4. The van der Waals surface area contributed by atoms with Gasteiger partial charge < -0.3 is 37.6 Å². The Hall–Kier alpha value is -4.42. The fraction of sp³-hybridized carbons (Fsp3) is 0.613. The van der Waals surface area contributed by atoms with Crippen LogP contribution in [0.2, 0.25) is 0 Å². The van der Waals surface area contributed by atoms with Crippen LogP contribution in [0, 0.1) is 0 Å². The molecule has 19 heteroatoms. The number of fused-ring (bicyclic) bond motifs is 1. The topological polar surface area (TPSA) is 225 Å². The van der Waals surface area contributed by atoms with Crippen LogP contribution >= 0.6 is 11.8 Å². The minimum absolute atomic E-state index is 0.00551. The normalized spacial score (nSPS) is 21.2. The molecule has 5 unspecified atom stereocenters. The highest BCUT2D eigenvalue weighted by Crippen LogP contribution is 2.52. The Morgan fingerprint density at radius 2 is 1.70 bits per heavy atom. The summed E-state index contributed by atoms with van der Waals surface area (Å²) in [6.07, 6.45) is -0.726. The number of thioether (sulfide) groups is 1. The van der Waals surface area contributed by atoms with Gasteiger partial charge in [-0.05, 0) is 44.2 Å². The standard InChI is InChI=1S/C31H42F3N9O6S/c1-2-23(44)38-20(15-37-27(47)17-10-12-18(13-11-17)30(42-43-30)31(32,33)34)28(48)39-19(26(35)46)7-5-6-14-36-24(45)9-4-3-8-22-25-21(16-50-22)40-29(49)41-25/h10-13,19-22,25H,2-9,14-16H2,1H3,(H2,35,46)(H,36,45)(H,37,47)(H,38,44)(H,39,48)(H2,40,41,49). The van der Waals surface area contributed by atoms with E-state index in [1.807, 2.05) is 11.8 Å². The molecule has 0 radical (unpaired) electrons. The van der Waals surface area contributed by atoms with E-state index in [1.54, 1.807) is 6.92 Å². The number of hydrogen-bond acceptors (Lipinski definition) is 9. The number of amides is 7. The summed E-state index contributed by atoms with van der Waals surface area (Å²) in [6.45, 7) is 1.53. The first kappa shape index (κ1) is 38.4. The minimum atomic E-state index is -4.72. The van der Waals surface area contributed by atoms with Gasteiger partial charge in [-0.25, -0.2) is 4.79 Å². The number of rotatable bonds is 19. The number of unbranched alkanes of at least 4 members (excludes halogenated alkanes) is 2. The van der Waals surface area contributed by atoms with Crippen molar-refractivity contribution in [2.45, 2.75) is 99.5 Å². The second-order valence-electron chi connectivity index (χ2n) is 12.3. The highest BCUT2D eigenvalue weighted by Gasteiger charge is 2.65. The quantitative estimate of drug-likeness (QED) is 0.0821. The first-order valence-corrected chi connectivity index (χ1v) is 17.5. The Labute approximate surface area is 290 Å². The third-order valence-corrected chi connectivity index (χ3v) is 10.2. The van der Waals surface area contributed by atoms with E-state index in [4.69, 9.17) is 5.73 Å². The van der Waals surface area contributed by atoms with Crippen molar-refractivity contribution in [2.75, 3.05) is 18.8 Å². The number of hydrogen-bond donors (Lipinski definition) is 7. The molecule has 3 aliphatic rings. The molecule has 3 heterocycles. The third kappa shape index (κ3) is 10.1. The van der Waals surface area contributed by atoms with Gasteiger partial charge in [0, 0.05) is 48.1 Å². The van der Waals surface area contributed by atoms with Gasteiger partial charge in [0.25, 0.3) is 5.91 Å². The van der Waals surface area contributed by atoms with Gasteiger partial charge in [0.2, 0.25) is 23.6 Å². The number of benzene rings is 1. The number of primary amides is 1. The van der Waals surface area contributed by atoms with E-state index in [2.05, 4.69) is 42.1 Å². The van der Waals surface area contributed by atoms with Crippen molar-refractivity contribution in [3.8, 4) is 0 Å². The fourth-order valence-corrected chi connectivity index (χ4v) is 7.26. The maximum atomic E-state index is 13.3. The van der Waals surface area contributed by atoms with Gasteiger partial charge >= 0.3 is 17.9 Å². The number of urea groups is 1. The van der Waals surface area contributed by atoms with Gasteiger partial charge in [0.15, 0.2) is 0 Å². The molecule has 0 spiro atoms. The molecule has 1 aromatic rings. The molecule has 50 heavy (non-hydrogen) atoms. The number of nitrogens with two attached hydrogens (primary N) is 1. The number of nitrogens with zero attached hydrogens (tertiary/aromatic N) is 2. The first-order chi connectivity index (χ1) is 23.7. The first-order valence-electron chi connectivity index (χ1n) is 16.5. The Kier molecular flexibility index (Phi) is 13.0. The molecule has 2 saturated heterocycles. The zero-order valence-corrected chi connectivity index (χ0v) is 28.3.